The Morgan fingerprint density at radius 1 is 1.05 bits per heavy atom. The van der Waals surface area contributed by atoms with Crippen molar-refractivity contribution in [3.05, 3.63) is 60.2 Å². The predicted molar refractivity (Wildman–Crippen MR) is 73.9 cm³/mol. The fourth-order valence-electron chi connectivity index (χ4n) is 2.64. The van der Waals surface area contributed by atoms with E-state index in [-0.39, 0.29) is 0 Å². The molecule has 0 amide bonds. The van der Waals surface area contributed by atoms with Gasteiger partial charge in [0.25, 0.3) is 0 Å². The number of rotatable bonds is 1. The molecule has 0 bridgehead atoms. The van der Waals surface area contributed by atoms with Gasteiger partial charge in [-0.05, 0) is 24.6 Å². The maximum atomic E-state index is 5.76. The van der Waals surface area contributed by atoms with Crippen molar-refractivity contribution in [2.75, 3.05) is 4.90 Å². The number of fused-ring (bicyclic) bond motifs is 3. The van der Waals surface area contributed by atoms with E-state index in [2.05, 4.69) is 34.5 Å². The van der Waals surface area contributed by atoms with Crippen molar-refractivity contribution < 1.29 is 4.74 Å². The van der Waals surface area contributed by atoms with Crippen LogP contribution in [-0.4, -0.2) is 6.02 Å². The molecule has 4 heteroatoms. The number of hydrogen-bond acceptors (Lipinski definition) is 4. The Kier molecular flexibility index (Phi) is 1.93. The molecule has 0 spiro atoms. The largest absolute Gasteiger partial charge is 0.422 e. The number of anilines is 1. The summed E-state index contributed by atoms with van der Waals surface area (Å²) in [5.74, 6) is 0.852. The molecule has 0 saturated carbocycles. The van der Waals surface area contributed by atoms with Crippen LogP contribution in [-0.2, 0) is 5.66 Å². The zero-order valence-electron chi connectivity index (χ0n) is 10.5. The van der Waals surface area contributed by atoms with E-state index in [1.54, 1.807) is 0 Å². The fraction of sp³-hybridized carbons (Fsp3) is 0.133. The van der Waals surface area contributed by atoms with Gasteiger partial charge in [-0.15, -0.1) is 5.10 Å². The second-order valence-corrected chi connectivity index (χ2v) is 4.85. The average molecular weight is 251 g/mol. The SMILES string of the molecule is C[C@]1(c2ccccc2)NN=C2Oc3ccccc3N21. The van der Waals surface area contributed by atoms with E-state index >= 15 is 0 Å². The van der Waals surface area contributed by atoms with E-state index in [0.717, 1.165) is 17.0 Å². The summed E-state index contributed by atoms with van der Waals surface area (Å²) in [5.41, 5.74) is 4.95. The van der Waals surface area contributed by atoms with Crippen LogP contribution in [0.5, 0.6) is 5.75 Å². The zero-order chi connectivity index (χ0) is 12.9. The van der Waals surface area contributed by atoms with Gasteiger partial charge in [-0.3, -0.25) is 10.3 Å². The molecule has 0 radical (unpaired) electrons. The lowest BCUT2D eigenvalue weighted by atomic mass is 10.0. The molecule has 19 heavy (non-hydrogen) atoms. The van der Waals surface area contributed by atoms with Gasteiger partial charge in [-0.1, -0.05) is 42.5 Å². The summed E-state index contributed by atoms with van der Waals surface area (Å²) in [6.45, 7) is 2.10. The molecule has 2 heterocycles. The predicted octanol–water partition coefficient (Wildman–Crippen LogP) is 2.63. The van der Waals surface area contributed by atoms with Crippen LogP contribution in [0, 0.1) is 0 Å². The molecule has 94 valence electrons. The van der Waals surface area contributed by atoms with E-state index in [4.69, 9.17) is 4.74 Å². The Morgan fingerprint density at radius 3 is 2.63 bits per heavy atom. The topological polar surface area (TPSA) is 36.9 Å². The molecule has 2 aromatic rings. The second-order valence-electron chi connectivity index (χ2n) is 4.85. The van der Waals surface area contributed by atoms with Crippen LogP contribution in [0.15, 0.2) is 59.7 Å². The van der Waals surface area contributed by atoms with Gasteiger partial charge in [-0.25, -0.2) is 0 Å². The summed E-state index contributed by atoms with van der Waals surface area (Å²) >= 11 is 0. The Hall–Kier alpha value is -2.49. The Bertz CT molecular complexity index is 668. The number of para-hydroxylation sites is 2. The molecule has 0 unspecified atom stereocenters. The number of nitrogens with one attached hydrogen (secondary N) is 1. The first-order chi connectivity index (χ1) is 9.29. The third-order valence-corrected chi connectivity index (χ3v) is 3.65. The molecule has 2 aliphatic heterocycles. The van der Waals surface area contributed by atoms with Gasteiger partial charge in [0.15, 0.2) is 11.4 Å². The van der Waals surface area contributed by atoms with Crippen LogP contribution in [0.2, 0.25) is 0 Å². The van der Waals surface area contributed by atoms with Gasteiger partial charge in [-0.2, -0.15) is 0 Å². The van der Waals surface area contributed by atoms with Gasteiger partial charge >= 0.3 is 6.02 Å². The van der Waals surface area contributed by atoms with Gasteiger partial charge in [0.05, 0.1) is 5.69 Å². The maximum absolute atomic E-state index is 5.76. The molecule has 2 aliphatic rings. The van der Waals surface area contributed by atoms with Crippen molar-refractivity contribution in [3.63, 3.8) is 0 Å². The lowest BCUT2D eigenvalue weighted by Crippen LogP contribution is -2.48. The number of amidine groups is 1. The van der Waals surface area contributed by atoms with Crippen LogP contribution >= 0.6 is 0 Å². The summed E-state index contributed by atoms with van der Waals surface area (Å²) in [5, 5.41) is 4.31. The molecular formula is C15H13N3O. The minimum absolute atomic E-state index is 0.413. The monoisotopic (exact) mass is 251 g/mol. The smallest absolute Gasteiger partial charge is 0.321 e. The van der Waals surface area contributed by atoms with Gasteiger partial charge in [0.2, 0.25) is 0 Å². The van der Waals surface area contributed by atoms with E-state index in [9.17, 15) is 0 Å². The van der Waals surface area contributed by atoms with Crippen molar-refractivity contribution in [1.29, 1.82) is 0 Å². The van der Waals surface area contributed by atoms with Crippen LogP contribution in [0.4, 0.5) is 5.69 Å². The highest BCUT2D eigenvalue weighted by atomic mass is 16.5. The molecule has 1 N–H and O–H groups in total. The number of nitrogens with zero attached hydrogens (tertiary/aromatic N) is 2. The van der Waals surface area contributed by atoms with Crippen LogP contribution in [0.3, 0.4) is 0 Å². The first-order valence-electron chi connectivity index (χ1n) is 6.26. The van der Waals surface area contributed by atoms with Crippen molar-refractivity contribution >= 4 is 11.7 Å². The molecule has 0 aliphatic carbocycles. The van der Waals surface area contributed by atoms with Crippen LogP contribution in [0.25, 0.3) is 0 Å². The molecule has 4 rings (SSSR count). The van der Waals surface area contributed by atoms with Crippen molar-refractivity contribution in [1.82, 2.24) is 5.43 Å². The summed E-state index contributed by atoms with van der Waals surface area (Å²) in [6.07, 6.45) is 0. The molecule has 1 atom stereocenters. The lowest BCUT2D eigenvalue weighted by molar-refractivity contribution is 0.422. The number of benzene rings is 2. The van der Waals surface area contributed by atoms with E-state index in [1.165, 1.54) is 0 Å². The van der Waals surface area contributed by atoms with E-state index < -0.39 is 5.66 Å². The van der Waals surface area contributed by atoms with Gasteiger partial charge in [0, 0.05) is 0 Å². The molecule has 0 aromatic heterocycles. The highest BCUT2D eigenvalue weighted by molar-refractivity contribution is 6.02. The first kappa shape index (κ1) is 10.4. The third kappa shape index (κ3) is 1.31. The lowest BCUT2D eigenvalue weighted by Gasteiger charge is -2.33. The number of ether oxygens (including phenoxy) is 1. The molecule has 2 aromatic carbocycles. The number of hydrazone groups is 1. The van der Waals surface area contributed by atoms with Crippen LogP contribution in [0.1, 0.15) is 12.5 Å². The average Bonchev–Trinajstić information content (AvgIpc) is 2.99. The Balaban J connectivity index is 1.86. The summed E-state index contributed by atoms with van der Waals surface area (Å²) in [6, 6.07) is 18.8. The normalized spacial score (nSPS) is 23.2. The maximum Gasteiger partial charge on any atom is 0.321 e. The Morgan fingerprint density at radius 2 is 1.79 bits per heavy atom. The molecule has 0 fully saturated rings. The fourth-order valence-corrected chi connectivity index (χ4v) is 2.64. The quantitative estimate of drug-likeness (QED) is 0.846. The highest BCUT2D eigenvalue weighted by Gasteiger charge is 2.47. The van der Waals surface area contributed by atoms with E-state index in [0.29, 0.717) is 6.02 Å². The Labute approximate surface area is 111 Å². The van der Waals surface area contributed by atoms with Crippen molar-refractivity contribution in [2.45, 2.75) is 12.6 Å². The standard InChI is InChI=1S/C15H13N3O/c1-15(11-7-3-2-4-8-11)17-16-14-18(15)12-9-5-6-10-13(12)19-14/h2-10,17H,1H3/t15-/m0/s1. The molecular weight excluding hydrogens is 238 g/mol. The number of hydrogen-bond donors (Lipinski definition) is 1. The second kappa shape index (κ2) is 3.51. The van der Waals surface area contributed by atoms with Crippen molar-refractivity contribution in [3.8, 4) is 5.75 Å². The van der Waals surface area contributed by atoms with E-state index in [1.807, 2.05) is 42.5 Å². The third-order valence-electron chi connectivity index (χ3n) is 3.65. The minimum Gasteiger partial charge on any atom is -0.422 e. The molecule has 0 saturated heterocycles. The first-order valence-corrected chi connectivity index (χ1v) is 6.26. The summed E-state index contributed by atoms with van der Waals surface area (Å²) in [4.78, 5) is 2.09. The van der Waals surface area contributed by atoms with Gasteiger partial charge in [0.1, 0.15) is 0 Å². The minimum atomic E-state index is -0.413. The zero-order valence-corrected chi connectivity index (χ0v) is 10.5. The molecule has 4 nitrogen and oxygen atoms in total. The highest BCUT2D eigenvalue weighted by Crippen LogP contribution is 2.43. The summed E-state index contributed by atoms with van der Waals surface area (Å²) in [7, 11) is 0. The van der Waals surface area contributed by atoms with Gasteiger partial charge < -0.3 is 4.74 Å². The van der Waals surface area contributed by atoms with Crippen molar-refractivity contribution in [2.24, 2.45) is 5.10 Å². The van der Waals surface area contributed by atoms with Crippen LogP contribution < -0.4 is 15.1 Å². The summed E-state index contributed by atoms with van der Waals surface area (Å²) < 4.78 is 5.76.